The summed E-state index contributed by atoms with van der Waals surface area (Å²) in [4.78, 5) is 14.6. The first kappa shape index (κ1) is 20.2. The largest absolute Gasteiger partial charge is 0.497 e. The van der Waals surface area contributed by atoms with Crippen molar-refractivity contribution in [3.05, 3.63) is 59.7 Å². The van der Waals surface area contributed by atoms with Gasteiger partial charge in [-0.15, -0.1) is 0 Å². The van der Waals surface area contributed by atoms with Crippen molar-refractivity contribution >= 4 is 5.91 Å². The number of nitrogens with zero attached hydrogens (tertiary/aromatic N) is 1. The molecule has 150 valence electrons. The van der Waals surface area contributed by atoms with E-state index in [0.717, 1.165) is 50.4 Å². The number of benzene rings is 2. The maximum absolute atomic E-state index is 12.2. The first-order chi connectivity index (χ1) is 13.7. The molecule has 1 heterocycles. The molecule has 0 bridgehead atoms. The molecule has 1 aliphatic heterocycles. The fourth-order valence-electron chi connectivity index (χ4n) is 3.50. The third-order valence-electron chi connectivity index (χ3n) is 5.19. The van der Waals surface area contributed by atoms with Gasteiger partial charge < -0.3 is 14.8 Å². The highest BCUT2D eigenvalue weighted by Crippen LogP contribution is 2.18. The van der Waals surface area contributed by atoms with Gasteiger partial charge in [-0.1, -0.05) is 31.2 Å². The fourth-order valence-corrected chi connectivity index (χ4v) is 3.50. The Hall–Kier alpha value is -2.53. The van der Waals surface area contributed by atoms with Crippen LogP contribution in [0.15, 0.2) is 48.5 Å². The summed E-state index contributed by atoms with van der Waals surface area (Å²) in [6.45, 7) is 5.04. The molecule has 1 aliphatic rings. The van der Waals surface area contributed by atoms with Gasteiger partial charge in [0.15, 0.2) is 6.61 Å². The van der Waals surface area contributed by atoms with Crippen molar-refractivity contribution in [2.75, 3.05) is 26.8 Å². The number of rotatable bonds is 8. The monoisotopic (exact) mass is 382 g/mol. The summed E-state index contributed by atoms with van der Waals surface area (Å²) in [5.74, 6) is 1.58. The number of carbonyl (C=O) groups is 1. The Balaban J connectivity index is 1.37. The molecule has 0 atom stereocenters. The second kappa shape index (κ2) is 10.1. The number of methoxy groups -OCH3 is 1. The molecule has 0 saturated carbocycles. The molecule has 5 nitrogen and oxygen atoms in total. The van der Waals surface area contributed by atoms with Crippen LogP contribution in [0.4, 0.5) is 0 Å². The number of ether oxygens (including phenoxy) is 2. The Labute approximate surface area is 167 Å². The smallest absolute Gasteiger partial charge is 0.258 e. The molecule has 0 radical (unpaired) electrons. The molecule has 1 saturated heterocycles. The molecule has 1 N–H and O–H groups in total. The second-order valence-electron chi connectivity index (χ2n) is 7.26. The van der Waals surface area contributed by atoms with E-state index in [4.69, 9.17) is 9.47 Å². The first-order valence-electron chi connectivity index (χ1n) is 10.0. The summed E-state index contributed by atoms with van der Waals surface area (Å²) >= 11 is 0. The first-order valence-corrected chi connectivity index (χ1v) is 10.0. The van der Waals surface area contributed by atoms with Crippen molar-refractivity contribution in [3.63, 3.8) is 0 Å². The molecular formula is C23H30N2O3. The maximum Gasteiger partial charge on any atom is 0.258 e. The van der Waals surface area contributed by atoms with E-state index in [9.17, 15) is 4.79 Å². The van der Waals surface area contributed by atoms with E-state index in [1.807, 2.05) is 36.4 Å². The van der Waals surface area contributed by atoms with Gasteiger partial charge in [-0.25, -0.2) is 0 Å². The summed E-state index contributed by atoms with van der Waals surface area (Å²) in [7, 11) is 1.69. The van der Waals surface area contributed by atoms with Crippen LogP contribution in [0.2, 0.25) is 0 Å². The quantitative estimate of drug-likeness (QED) is 0.760. The van der Waals surface area contributed by atoms with Crippen molar-refractivity contribution in [2.24, 2.45) is 0 Å². The van der Waals surface area contributed by atoms with E-state index in [0.29, 0.717) is 0 Å². The van der Waals surface area contributed by atoms with E-state index in [-0.39, 0.29) is 18.6 Å². The van der Waals surface area contributed by atoms with Crippen molar-refractivity contribution < 1.29 is 14.3 Å². The highest BCUT2D eigenvalue weighted by atomic mass is 16.5. The van der Waals surface area contributed by atoms with E-state index in [1.54, 1.807) is 7.11 Å². The highest BCUT2D eigenvalue weighted by molar-refractivity contribution is 5.77. The van der Waals surface area contributed by atoms with Crippen molar-refractivity contribution in [3.8, 4) is 11.5 Å². The summed E-state index contributed by atoms with van der Waals surface area (Å²) in [5.41, 5.74) is 2.52. The molecule has 0 aliphatic carbocycles. The summed E-state index contributed by atoms with van der Waals surface area (Å²) in [6, 6.07) is 16.3. The third-order valence-corrected chi connectivity index (χ3v) is 5.19. The summed E-state index contributed by atoms with van der Waals surface area (Å²) in [5, 5.41) is 3.10. The number of amides is 1. The fraction of sp³-hybridized carbons (Fsp3) is 0.435. The van der Waals surface area contributed by atoms with Crippen LogP contribution in [0.25, 0.3) is 0 Å². The Morgan fingerprint density at radius 1 is 1.07 bits per heavy atom. The standard InChI is InChI=1S/C23H30N2O3/c1-3-18-7-9-21(10-8-18)28-17-23(26)24-20-11-13-25(14-12-20)16-19-5-4-6-22(15-19)27-2/h4-10,15,20H,3,11-14,16-17H2,1-2H3,(H,24,26). The number of carbonyl (C=O) groups excluding carboxylic acids is 1. The average Bonchev–Trinajstić information content (AvgIpc) is 2.74. The number of aryl methyl sites for hydroxylation is 1. The average molecular weight is 383 g/mol. The van der Waals surface area contributed by atoms with Crippen LogP contribution >= 0.6 is 0 Å². The zero-order valence-electron chi connectivity index (χ0n) is 16.8. The highest BCUT2D eigenvalue weighted by Gasteiger charge is 2.21. The molecule has 28 heavy (non-hydrogen) atoms. The lowest BCUT2D eigenvalue weighted by molar-refractivity contribution is -0.124. The molecule has 2 aromatic rings. The molecule has 2 aromatic carbocycles. The number of hydrogen-bond acceptors (Lipinski definition) is 4. The third kappa shape index (κ3) is 5.99. The van der Waals surface area contributed by atoms with Gasteiger partial charge in [0, 0.05) is 25.7 Å². The van der Waals surface area contributed by atoms with E-state index in [2.05, 4.69) is 29.3 Å². The number of likely N-dealkylation sites (tertiary alicyclic amines) is 1. The van der Waals surface area contributed by atoms with Crippen LogP contribution in [0, 0.1) is 0 Å². The molecule has 0 aromatic heterocycles. The van der Waals surface area contributed by atoms with Gasteiger partial charge in [-0.2, -0.15) is 0 Å². The van der Waals surface area contributed by atoms with Crippen LogP contribution in [0.3, 0.4) is 0 Å². The lowest BCUT2D eigenvalue weighted by atomic mass is 10.0. The van der Waals surface area contributed by atoms with E-state index in [1.165, 1.54) is 11.1 Å². The Bertz CT molecular complexity index is 753. The zero-order chi connectivity index (χ0) is 19.8. The van der Waals surface area contributed by atoms with Crippen LogP contribution in [-0.2, 0) is 17.8 Å². The molecule has 3 rings (SSSR count). The van der Waals surface area contributed by atoms with Gasteiger partial charge in [-0.05, 0) is 54.7 Å². The minimum absolute atomic E-state index is 0.0502. The Morgan fingerprint density at radius 3 is 2.50 bits per heavy atom. The van der Waals surface area contributed by atoms with Gasteiger partial charge in [0.2, 0.25) is 0 Å². The van der Waals surface area contributed by atoms with E-state index < -0.39 is 0 Å². The van der Waals surface area contributed by atoms with Gasteiger partial charge >= 0.3 is 0 Å². The van der Waals surface area contributed by atoms with E-state index >= 15 is 0 Å². The molecule has 0 unspecified atom stereocenters. The Kier molecular flexibility index (Phi) is 7.31. The minimum Gasteiger partial charge on any atom is -0.497 e. The predicted molar refractivity (Wildman–Crippen MR) is 111 cm³/mol. The SMILES string of the molecule is CCc1ccc(OCC(=O)NC2CCN(Cc3cccc(OC)c3)CC2)cc1. The summed E-state index contributed by atoms with van der Waals surface area (Å²) in [6.07, 6.45) is 2.92. The van der Waals surface area contributed by atoms with Crippen LogP contribution in [0.1, 0.15) is 30.9 Å². The maximum atomic E-state index is 12.2. The van der Waals surface area contributed by atoms with Crippen molar-refractivity contribution in [1.82, 2.24) is 10.2 Å². The number of nitrogens with one attached hydrogen (secondary N) is 1. The van der Waals surface area contributed by atoms with Crippen LogP contribution in [-0.4, -0.2) is 43.7 Å². The topological polar surface area (TPSA) is 50.8 Å². The van der Waals surface area contributed by atoms with Crippen LogP contribution < -0.4 is 14.8 Å². The number of piperidine rings is 1. The minimum atomic E-state index is -0.0502. The van der Waals surface area contributed by atoms with Gasteiger partial charge in [0.25, 0.3) is 5.91 Å². The van der Waals surface area contributed by atoms with Crippen molar-refractivity contribution in [2.45, 2.75) is 38.8 Å². The zero-order valence-corrected chi connectivity index (χ0v) is 16.8. The molecule has 1 amide bonds. The molecule has 1 fully saturated rings. The van der Waals surface area contributed by atoms with Gasteiger partial charge in [0.1, 0.15) is 11.5 Å². The van der Waals surface area contributed by atoms with Gasteiger partial charge in [0.05, 0.1) is 7.11 Å². The van der Waals surface area contributed by atoms with Gasteiger partial charge in [-0.3, -0.25) is 9.69 Å². The lowest BCUT2D eigenvalue weighted by Gasteiger charge is -2.32. The summed E-state index contributed by atoms with van der Waals surface area (Å²) < 4.78 is 10.9. The molecule has 5 heteroatoms. The normalized spacial score (nSPS) is 15.2. The molecular weight excluding hydrogens is 352 g/mol. The Morgan fingerprint density at radius 2 is 1.82 bits per heavy atom. The van der Waals surface area contributed by atoms with Crippen LogP contribution in [0.5, 0.6) is 11.5 Å². The predicted octanol–water partition coefficient (Wildman–Crippen LogP) is 3.42. The lowest BCUT2D eigenvalue weighted by Crippen LogP contribution is -2.45. The molecule has 0 spiro atoms. The number of hydrogen-bond donors (Lipinski definition) is 1. The second-order valence-corrected chi connectivity index (χ2v) is 7.26. The van der Waals surface area contributed by atoms with Crippen molar-refractivity contribution in [1.29, 1.82) is 0 Å².